The van der Waals surface area contributed by atoms with Crippen molar-refractivity contribution in [1.29, 1.82) is 0 Å². The molecule has 1 heterocycles. The van der Waals surface area contributed by atoms with Crippen molar-refractivity contribution < 1.29 is 0 Å². The molecule has 1 aromatic rings. The fraction of sp³-hybridized carbons (Fsp3) is 0.500. The van der Waals surface area contributed by atoms with Gasteiger partial charge in [0.05, 0.1) is 0 Å². The van der Waals surface area contributed by atoms with Gasteiger partial charge in [-0.2, -0.15) is 0 Å². The Morgan fingerprint density at radius 2 is 2.00 bits per heavy atom. The van der Waals surface area contributed by atoms with E-state index in [4.69, 9.17) is 0 Å². The van der Waals surface area contributed by atoms with E-state index in [1.807, 2.05) is 12.3 Å². The molecule has 0 spiro atoms. The maximum atomic E-state index is 4.38. The van der Waals surface area contributed by atoms with Gasteiger partial charge in [0, 0.05) is 11.9 Å². The van der Waals surface area contributed by atoms with Gasteiger partial charge in [-0.15, -0.1) is 0 Å². The smallest absolute Gasteiger partial charge is 0.0435 e. The van der Waals surface area contributed by atoms with E-state index in [0.717, 1.165) is 0 Å². The number of pyridine rings is 1. The zero-order valence-electron chi connectivity index (χ0n) is 6.71. The zero-order valence-corrected chi connectivity index (χ0v) is 6.71. The third kappa shape index (κ3) is 1.42. The largest absolute Gasteiger partial charge is 0.261 e. The lowest BCUT2D eigenvalue weighted by Crippen LogP contribution is -1.92. The first-order valence-electron chi connectivity index (χ1n) is 4.39. The molecule has 0 saturated heterocycles. The number of nitrogens with zero attached hydrogens (tertiary/aromatic N) is 1. The summed E-state index contributed by atoms with van der Waals surface area (Å²) in [6.45, 7) is 0. The number of hydrogen-bond acceptors (Lipinski definition) is 1. The molecule has 1 nitrogen and oxygen atoms in total. The van der Waals surface area contributed by atoms with Gasteiger partial charge in [-0.25, -0.2) is 0 Å². The summed E-state index contributed by atoms with van der Waals surface area (Å²) in [5, 5.41) is 0. The van der Waals surface area contributed by atoms with E-state index in [2.05, 4.69) is 11.1 Å². The number of hydrogen-bond donors (Lipinski definition) is 0. The average Bonchev–Trinajstić information content (AvgIpc) is 2.28. The van der Waals surface area contributed by atoms with Crippen LogP contribution in [0.25, 0.3) is 0 Å². The van der Waals surface area contributed by atoms with E-state index in [-0.39, 0.29) is 0 Å². The maximum absolute atomic E-state index is 4.38. The van der Waals surface area contributed by atoms with E-state index in [1.165, 1.54) is 43.4 Å². The molecular weight excluding hydrogens is 134 g/mol. The summed E-state index contributed by atoms with van der Waals surface area (Å²) >= 11 is 0. The zero-order chi connectivity index (χ0) is 7.52. The van der Waals surface area contributed by atoms with E-state index < -0.39 is 0 Å². The Hall–Kier alpha value is -0.850. The Morgan fingerprint density at radius 3 is 3.00 bits per heavy atom. The van der Waals surface area contributed by atoms with Gasteiger partial charge in [0.25, 0.3) is 0 Å². The minimum absolute atomic E-state index is 1.19. The van der Waals surface area contributed by atoms with Crippen LogP contribution in [0.2, 0.25) is 0 Å². The summed E-state index contributed by atoms with van der Waals surface area (Å²) in [7, 11) is 0. The molecule has 0 atom stereocenters. The van der Waals surface area contributed by atoms with Crippen molar-refractivity contribution in [3.63, 3.8) is 0 Å². The van der Waals surface area contributed by atoms with Crippen molar-refractivity contribution in [2.24, 2.45) is 0 Å². The predicted octanol–water partition coefficient (Wildman–Crippen LogP) is 2.35. The van der Waals surface area contributed by atoms with Crippen LogP contribution in [0.4, 0.5) is 0 Å². The molecule has 1 aromatic heterocycles. The first-order chi connectivity index (χ1) is 5.47. The predicted molar refractivity (Wildman–Crippen MR) is 45.5 cm³/mol. The lowest BCUT2D eigenvalue weighted by Gasteiger charge is -2.01. The molecule has 0 radical (unpaired) electrons. The summed E-state index contributed by atoms with van der Waals surface area (Å²) in [6.07, 6.45) is 8.38. The maximum Gasteiger partial charge on any atom is 0.0435 e. The lowest BCUT2D eigenvalue weighted by atomic mass is 10.1. The van der Waals surface area contributed by atoms with Crippen LogP contribution in [0, 0.1) is 0 Å². The standard InChI is InChI=1S/C10H13N/c1-2-5-9-6-4-8-11-10(9)7-3-1/h4,6,8H,1-3,5,7H2. The van der Waals surface area contributed by atoms with Crippen molar-refractivity contribution in [3.8, 4) is 0 Å². The van der Waals surface area contributed by atoms with Crippen LogP contribution in [0.5, 0.6) is 0 Å². The molecule has 1 aliphatic rings. The first-order valence-corrected chi connectivity index (χ1v) is 4.39. The van der Waals surface area contributed by atoms with E-state index in [9.17, 15) is 0 Å². The monoisotopic (exact) mass is 147 g/mol. The fourth-order valence-corrected chi connectivity index (χ4v) is 1.71. The molecule has 0 bridgehead atoms. The Bertz CT molecular complexity index is 217. The van der Waals surface area contributed by atoms with Crippen molar-refractivity contribution in [1.82, 2.24) is 4.98 Å². The number of aromatic nitrogens is 1. The highest BCUT2D eigenvalue weighted by molar-refractivity contribution is 5.20. The average molecular weight is 147 g/mol. The molecule has 11 heavy (non-hydrogen) atoms. The van der Waals surface area contributed by atoms with Gasteiger partial charge < -0.3 is 0 Å². The summed E-state index contributed by atoms with van der Waals surface area (Å²) in [5.41, 5.74) is 2.81. The molecule has 58 valence electrons. The summed E-state index contributed by atoms with van der Waals surface area (Å²) in [6, 6.07) is 4.26. The molecule has 0 aromatic carbocycles. The quantitative estimate of drug-likeness (QED) is 0.513. The van der Waals surface area contributed by atoms with Crippen LogP contribution < -0.4 is 0 Å². The van der Waals surface area contributed by atoms with Crippen molar-refractivity contribution in [2.75, 3.05) is 0 Å². The van der Waals surface area contributed by atoms with Crippen molar-refractivity contribution in [3.05, 3.63) is 29.6 Å². The normalized spacial score (nSPS) is 17.1. The lowest BCUT2D eigenvalue weighted by molar-refractivity contribution is 0.708. The Labute approximate surface area is 67.5 Å². The second-order valence-corrected chi connectivity index (χ2v) is 3.17. The highest BCUT2D eigenvalue weighted by atomic mass is 14.7. The van der Waals surface area contributed by atoms with E-state index >= 15 is 0 Å². The van der Waals surface area contributed by atoms with Gasteiger partial charge in [-0.3, -0.25) is 4.98 Å². The molecule has 0 fully saturated rings. The van der Waals surface area contributed by atoms with Crippen molar-refractivity contribution >= 4 is 0 Å². The Balaban J connectivity index is 2.33. The molecule has 0 unspecified atom stereocenters. The molecule has 0 N–H and O–H groups in total. The van der Waals surface area contributed by atoms with Crippen LogP contribution in [-0.2, 0) is 12.8 Å². The Kier molecular flexibility index (Phi) is 1.89. The SMILES string of the molecule is c1cnc2c(c1)CCCCC2. The molecule has 0 amide bonds. The van der Waals surface area contributed by atoms with Crippen LogP contribution in [0.3, 0.4) is 0 Å². The molecule has 1 aliphatic carbocycles. The summed E-state index contributed by atoms with van der Waals surface area (Å²) in [4.78, 5) is 4.38. The summed E-state index contributed by atoms with van der Waals surface area (Å²) < 4.78 is 0. The van der Waals surface area contributed by atoms with Gasteiger partial charge >= 0.3 is 0 Å². The number of fused-ring (bicyclic) bond motifs is 1. The fourth-order valence-electron chi connectivity index (χ4n) is 1.71. The minimum Gasteiger partial charge on any atom is -0.261 e. The topological polar surface area (TPSA) is 12.9 Å². The van der Waals surface area contributed by atoms with E-state index in [0.29, 0.717) is 0 Å². The first kappa shape index (κ1) is 6.84. The van der Waals surface area contributed by atoms with Gasteiger partial charge in [0.15, 0.2) is 0 Å². The second-order valence-electron chi connectivity index (χ2n) is 3.17. The molecule has 1 heteroatoms. The van der Waals surface area contributed by atoms with Gasteiger partial charge in [0.2, 0.25) is 0 Å². The van der Waals surface area contributed by atoms with E-state index in [1.54, 1.807) is 0 Å². The molecular formula is C10H13N. The third-order valence-electron chi connectivity index (χ3n) is 2.34. The Morgan fingerprint density at radius 1 is 1.09 bits per heavy atom. The highest BCUT2D eigenvalue weighted by Gasteiger charge is 2.06. The second kappa shape index (κ2) is 3.04. The van der Waals surface area contributed by atoms with Crippen LogP contribution in [0.1, 0.15) is 30.5 Å². The van der Waals surface area contributed by atoms with Gasteiger partial charge in [-0.05, 0) is 37.3 Å². The minimum atomic E-state index is 1.19. The van der Waals surface area contributed by atoms with Crippen molar-refractivity contribution in [2.45, 2.75) is 32.1 Å². The van der Waals surface area contributed by atoms with Gasteiger partial charge in [0.1, 0.15) is 0 Å². The van der Waals surface area contributed by atoms with Crippen LogP contribution in [0.15, 0.2) is 18.3 Å². The van der Waals surface area contributed by atoms with Crippen LogP contribution in [-0.4, -0.2) is 4.98 Å². The number of rotatable bonds is 0. The van der Waals surface area contributed by atoms with Gasteiger partial charge in [-0.1, -0.05) is 12.5 Å². The molecule has 2 rings (SSSR count). The number of aryl methyl sites for hydroxylation is 2. The summed E-state index contributed by atoms with van der Waals surface area (Å²) in [5.74, 6) is 0. The highest BCUT2D eigenvalue weighted by Crippen LogP contribution is 2.17. The molecule has 0 aliphatic heterocycles. The third-order valence-corrected chi connectivity index (χ3v) is 2.34. The van der Waals surface area contributed by atoms with Crippen LogP contribution >= 0.6 is 0 Å². The molecule has 0 saturated carbocycles.